The van der Waals surface area contributed by atoms with Gasteiger partial charge in [-0.05, 0) is 127 Å². The maximum absolute atomic E-state index is 2.46. The maximum atomic E-state index is 2.46. The van der Waals surface area contributed by atoms with E-state index in [-0.39, 0.29) is 0 Å². The number of fused-ring (bicyclic) bond motifs is 14. The molecule has 0 radical (unpaired) electrons. The second kappa shape index (κ2) is 12.3. The number of aromatic nitrogens is 1. The average molecular weight is 728 g/mol. The third kappa shape index (κ3) is 4.67. The second-order valence-electron chi connectivity index (χ2n) is 14.8. The quantitative estimate of drug-likeness (QED) is 0.171. The summed E-state index contributed by atoms with van der Waals surface area (Å²) in [6.07, 6.45) is 0. The van der Waals surface area contributed by atoms with Gasteiger partial charge in [0, 0.05) is 36.6 Å². The molecule has 1 aliphatic rings. The first-order chi connectivity index (χ1) is 27.8. The van der Waals surface area contributed by atoms with Gasteiger partial charge in [-0.3, -0.25) is 0 Å². The lowest BCUT2D eigenvalue weighted by molar-refractivity contribution is 1.18. The van der Waals surface area contributed by atoms with E-state index in [1.54, 1.807) is 0 Å². The van der Waals surface area contributed by atoms with Crippen molar-refractivity contribution in [3.8, 4) is 72.4 Å². The number of hydrogen-bond donors (Lipinski definition) is 0. The van der Waals surface area contributed by atoms with Crippen LogP contribution >= 0.6 is 11.3 Å². The van der Waals surface area contributed by atoms with Crippen LogP contribution in [-0.4, -0.2) is 4.57 Å². The molecule has 2 heterocycles. The van der Waals surface area contributed by atoms with E-state index in [1.807, 2.05) is 11.3 Å². The van der Waals surface area contributed by atoms with Gasteiger partial charge < -0.3 is 4.57 Å². The van der Waals surface area contributed by atoms with Crippen molar-refractivity contribution >= 4 is 53.3 Å². The lowest BCUT2D eigenvalue weighted by Gasteiger charge is -2.26. The van der Waals surface area contributed by atoms with E-state index in [1.165, 1.54) is 114 Å². The van der Waals surface area contributed by atoms with Crippen molar-refractivity contribution in [2.24, 2.45) is 0 Å². The third-order valence-corrected chi connectivity index (χ3v) is 12.9. The van der Waals surface area contributed by atoms with Gasteiger partial charge >= 0.3 is 0 Å². The van der Waals surface area contributed by atoms with Crippen LogP contribution < -0.4 is 0 Å². The van der Waals surface area contributed by atoms with Crippen LogP contribution in [0.5, 0.6) is 0 Å². The van der Waals surface area contributed by atoms with Crippen LogP contribution in [0.3, 0.4) is 0 Å². The van der Waals surface area contributed by atoms with Crippen LogP contribution in [0.1, 0.15) is 0 Å². The van der Waals surface area contributed by atoms with Crippen molar-refractivity contribution in [1.82, 2.24) is 4.57 Å². The van der Waals surface area contributed by atoms with Crippen molar-refractivity contribution in [2.75, 3.05) is 0 Å². The van der Waals surface area contributed by atoms with Gasteiger partial charge in [-0.15, -0.1) is 11.3 Å². The summed E-state index contributed by atoms with van der Waals surface area (Å²) >= 11 is 1.87. The smallest absolute Gasteiger partial charge is 0.0541 e. The molecule has 0 fully saturated rings. The minimum atomic E-state index is 1.17. The van der Waals surface area contributed by atoms with E-state index in [4.69, 9.17) is 0 Å². The van der Waals surface area contributed by atoms with Gasteiger partial charge in [0.2, 0.25) is 0 Å². The molecule has 260 valence electrons. The zero-order chi connectivity index (χ0) is 36.7. The predicted octanol–water partition coefficient (Wildman–Crippen LogP) is 15.5. The van der Waals surface area contributed by atoms with Crippen molar-refractivity contribution in [3.05, 3.63) is 200 Å². The van der Waals surface area contributed by atoms with Gasteiger partial charge in [-0.25, -0.2) is 0 Å². The molecule has 0 saturated heterocycles. The summed E-state index contributed by atoms with van der Waals surface area (Å²) in [5.74, 6) is 0. The molecular weight excluding hydrogens is 695 g/mol. The Bertz CT molecular complexity index is 3360. The highest BCUT2D eigenvalue weighted by Gasteiger charge is 2.26. The zero-order valence-corrected chi connectivity index (χ0v) is 31.2. The predicted molar refractivity (Wildman–Crippen MR) is 240 cm³/mol. The molecule has 0 spiro atoms. The molecule has 11 aromatic rings. The number of thiophene rings is 1. The summed E-state index contributed by atoms with van der Waals surface area (Å²) in [6, 6.07) is 74.3. The molecule has 0 unspecified atom stereocenters. The number of para-hydroxylation sites is 2. The van der Waals surface area contributed by atoms with E-state index in [2.05, 4.69) is 205 Å². The molecule has 2 aromatic heterocycles. The lowest BCUT2D eigenvalue weighted by Crippen LogP contribution is -1.99. The Kier molecular flexibility index (Phi) is 6.87. The van der Waals surface area contributed by atoms with E-state index in [0.717, 1.165) is 0 Å². The van der Waals surface area contributed by atoms with E-state index in [0.29, 0.717) is 0 Å². The summed E-state index contributed by atoms with van der Waals surface area (Å²) < 4.78 is 5.03. The highest BCUT2D eigenvalue weighted by atomic mass is 32.1. The Balaban J connectivity index is 1.19. The second-order valence-corrected chi connectivity index (χ2v) is 15.9. The highest BCUT2D eigenvalue weighted by Crippen LogP contribution is 2.52. The van der Waals surface area contributed by atoms with Gasteiger partial charge in [-0.2, -0.15) is 0 Å². The summed E-state index contributed by atoms with van der Waals surface area (Å²) in [7, 11) is 0. The fourth-order valence-electron chi connectivity index (χ4n) is 9.28. The molecule has 0 atom stereocenters. The fraction of sp³-hybridized carbons (Fsp3) is 0. The monoisotopic (exact) mass is 727 g/mol. The topological polar surface area (TPSA) is 4.93 Å². The molecule has 1 nitrogen and oxygen atoms in total. The minimum absolute atomic E-state index is 1.17. The maximum Gasteiger partial charge on any atom is 0.0541 e. The Morgan fingerprint density at radius 3 is 1.55 bits per heavy atom. The molecule has 1 aliphatic carbocycles. The lowest BCUT2D eigenvalue weighted by atomic mass is 9.77. The molecule has 0 bridgehead atoms. The molecule has 56 heavy (non-hydrogen) atoms. The van der Waals surface area contributed by atoms with Crippen LogP contribution in [0.15, 0.2) is 200 Å². The van der Waals surface area contributed by atoms with Gasteiger partial charge in [0.25, 0.3) is 0 Å². The first-order valence-electron chi connectivity index (χ1n) is 19.3. The van der Waals surface area contributed by atoms with Crippen molar-refractivity contribution in [3.63, 3.8) is 0 Å². The van der Waals surface area contributed by atoms with Crippen molar-refractivity contribution in [2.45, 2.75) is 0 Å². The van der Waals surface area contributed by atoms with E-state index >= 15 is 0 Å². The Labute approximate surface area is 329 Å². The molecule has 0 N–H and O–H groups in total. The van der Waals surface area contributed by atoms with Crippen LogP contribution in [0, 0.1) is 0 Å². The van der Waals surface area contributed by atoms with Crippen LogP contribution in [-0.2, 0) is 0 Å². The zero-order valence-electron chi connectivity index (χ0n) is 30.4. The molecule has 0 aliphatic heterocycles. The van der Waals surface area contributed by atoms with E-state index < -0.39 is 0 Å². The number of benzene rings is 9. The molecule has 9 aromatic carbocycles. The molecule has 2 heteroatoms. The number of hydrogen-bond acceptors (Lipinski definition) is 1. The summed E-state index contributed by atoms with van der Waals surface area (Å²) in [6.45, 7) is 0. The molecule has 12 rings (SSSR count). The number of nitrogens with zero attached hydrogens (tertiary/aromatic N) is 1. The number of rotatable bonds is 3. The van der Waals surface area contributed by atoms with Crippen LogP contribution in [0.2, 0.25) is 0 Å². The normalized spacial score (nSPS) is 11.9. The molecular formula is C54H33NS. The Hall–Kier alpha value is -7.00. The SMILES string of the molecule is c1ccc(-n2c3ccccc3c3cc(-c4cc(-c5ccc6sc7ccccc7c6c5)c5c(c4)-c4ccccc4-c4ccccc4-c4ccccc4-5)ccc32)cc1. The van der Waals surface area contributed by atoms with Crippen LogP contribution in [0.4, 0.5) is 0 Å². The Morgan fingerprint density at radius 1 is 0.286 bits per heavy atom. The van der Waals surface area contributed by atoms with Gasteiger partial charge in [0.1, 0.15) is 0 Å². The Morgan fingerprint density at radius 2 is 0.804 bits per heavy atom. The third-order valence-electron chi connectivity index (χ3n) is 11.8. The van der Waals surface area contributed by atoms with Gasteiger partial charge in [0.05, 0.1) is 11.0 Å². The molecule has 0 saturated carbocycles. The summed E-state index contributed by atoms with van der Waals surface area (Å²) in [4.78, 5) is 0. The molecule has 0 amide bonds. The summed E-state index contributed by atoms with van der Waals surface area (Å²) in [5, 5.41) is 5.13. The highest BCUT2D eigenvalue weighted by molar-refractivity contribution is 7.25. The summed E-state index contributed by atoms with van der Waals surface area (Å²) in [5.41, 5.74) is 18.5. The van der Waals surface area contributed by atoms with Crippen LogP contribution in [0.25, 0.3) is 114 Å². The first kappa shape index (κ1) is 31.4. The minimum Gasteiger partial charge on any atom is -0.309 e. The largest absolute Gasteiger partial charge is 0.309 e. The van der Waals surface area contributed by atoms with E-state index in [9.17, 15) is 0 Å². The fourth-order valence-corrected chi connectivity index (χ4v) is 10.4. The van der Waals surface area contributed by atoms with Gasteiger partial charge in [-0.1, -0.05) is 140 Å². The van der Waals surface area contributed by atoms with Crippen molar-refractivity contribution in [1.29, 1.82) is 0 Å². The first-order valence-corrected chi connectivity index (χ1v) is 20.1. The average Bonchev–Trinajstić information content (AvgIpc) is 3.81. The van der Waals surface area contributed by atoms with Crippen molar-refractivity contribution < 1.29 is 0 Å². The standard InChI is InChI=1S/C54H33NS/c1-2-14-37(15-3-1)55-50-24-12-10-21-43(50)47-30-34(26-28-51(47)55)36-32-46(35-27-29-53-48(31-35)44-22-11-13-25-52(44)56-53)54-45-23-9-8-19-41(45)39-17-5-4-16-38(39)40-18-6-7-20-42(40)49(54)33-36/h1-33H. The van der Waals surface area contributed by atoms with Gasteiger partial charge in [0.15, 0.2) is 0 Å².